The molecule has 5 aromatic heterocycles. The zero-order valence-electron chi connectivity index (χ0n) is 30.5. The van der Waals surface area contributed by atoms with Gasteiger partial charge in [-0.2, -0.15) is 0 Å². The molecule has 0 saturated carbocycles. The molecule has 0 aliphatic heterocycles. The Bertz CT molecular complexity index is 3230. The van der Waals surface area contributed by atoms with E-state index in [1.807, 2.05) is 60.7 Å². The van der Waals surface area contributed by atoms with Gasteiger partial charge in [0, 0.05) is 44.6 Å². The zero-order chi connectivity index (χ0) is 37.7. The predicted molar refractivity (Wildman–Crippen MR) is 230 cm³/mol. The normalized spacial score (nSPS) is 11.5. The zero-order valence-corrected chi connectivity index (χ0v) is 30.5. The number of rotatable bonds is 6. The van der Waals surface area contributed by atoms with E-state index in [1.54, 1.807) is 6.20 Å². The Balaban J connectivity index is 0.957. The van der Waals surface area contributed by atoms with Crippen LogP contribution in [0.25, 0.3) is 106 Å². The molecular weight excluding hydrogens is 699 g/mol. The Morgan fingerprint density at radius 1 is 0.333 bits per heavy atom. The summed E-state index contributed by atoms with van der Waals surface area (Å²) in [5.74, 6) is 1.69. The lowest BCUT2D eigenvalue weighted by Crippen LogP contribution is -2.01. The van der Waals surface area contributed by atoms with Crippen molar-refractivity contribution in [1.29, 1.82) is 0 Å². The quantitative estimate of drug-likeness (QED) is 0.169. The number of nitrogens with zero attached hydrogens (tertiary/aromatic N) is 7. The SMILES string of the molecule is c1ccc(-c2nc(-c3ccc(-n4c5ccccc5c5ccccc54)cc3)nc(-c3ccc4cc(-c5ccc6ccc(-c7ccccn7)nc6c5)ccc4n3)n2)cc1. The molecule has 7 nitrogen and oxygen atoms in total. The maximum absolute atomic E-state index is 5.08. The molecule has 0 unspecified atom stereocenters. The topological polar surface area (TPSA) is 82.3 Å². The summed E-state index contributed by atoms with van der Waals surface area (Å²) in [6.45, 7) is 0. The molecule has 0 aliphatic carbocycles. The second-order valence-electron chi connectivity index (χ2n) is 14.0. The Morgan fingerprint density at radius 3 is 1.67 bits per heavy atom. The largest absolute Gasteiger partial charge is 0.309 e. The number of hydrogen-bond acceptors (Lipinski definition) is 6. The third-order valence-electron chi connectivity index (χ3n) is 10.5. The van der Waals surface area contributed by atoms with Crippen LogP contribution in [0.1, 0.15) is 0 Å². The van der Waals surface area contributed by atoms with Gasteiger partial charge in [-0.15, -0.1) is 0 Å². The van der Waals surface area contributed by atoms with Crippen molar-refractivity contribution >= 4 is 43.6 Å². The van der Waals surface area contributed by atoms with Crippen LogP contribution in [-0.2, 0) is 0 Å². The summed E-state index contributed by atoms with van der Waals surface area (Å²) >= 11 is 0. The van der Waals surface area contributed by atoms with Gasteiger partial charge in [-0.1, -0.05) is 103 Å². The number of fused-ring (bicyclic) bond motifs is 5. The highest BCUT2D eigenvalue weighted by molar-refractivity contribution is 6.09. The molecule has 0 radical (unpaired) electrons. The van der Waals surface area contributed by atoms with Crippen LogP contribution >= 0.6 is 0 Å². The fraction of sp³-hybridized carbons (Fsp3) is 0. The van der Waals surface area contributed by atoms with Crippen LogP contribution in [0.2, 0.25) is 0 Å². The molecule has 6 aromatic carbocycles. The molecule has 0 aliphatic rings. The fourth-order valence-corrected chi connectivity index (χ4v) is 7.68. The van der Waals surface area contributed by atoms with Gasteiger partial charge in [-0.05, 0) is 90.0 Å². The Kier molecular flexibility index (Phi) is 7.67. The third-order valence-corrected chi connectivity index (χ3v) is 10.5. The highest BCUT2D eigenvalue weighted by Gasteiger charge is 2.16. The van der Waals surface area contributed by atoms with E-state index in [2.05, 4.69) is 131 Å². The van der Waals surface area contributed by atoms with Gasteiger partial charge in [-0.3, -0.25) is 4.98 Å². The van der Waals surface area contributed by atoms with E-state index in [-0.39, 0.29) is 0 Å². The fourth-order valence-electron chi connectivity index (χ4n) is 7.68. The van der Waals surface area contributed by atoms with Crippen molar-refractivity contribution < 1.29 is 0 Å². The molecule has 0 N–H and O–H groups in total. The van der Waals surface area contributed by atoms with Gasteiger partial charge in [0.25, 0.3) is 0 Å². The second-order valence-corrected chi connectivity index (χ2v) is 14.0. The van der Waals surface area contributed by atoms with E-state index in [4.69, 9.17) is 24.9 Å². The summed E-state index contributed by atoms with van der Waals surface area (Å²) in [6.07, 6.45) is 1.79. The first-order chi connectivity index (χ1) is 28.2. The molecule has 0 spiro atoms. The van der Waals surface area contributed by atoms with Crippen LogP contribution < -0.4 is 0 Å². The van der Waals surface area contributed by atoms with Crippen LogP contribution in [0.5, 0.6) is 0 Å². The molecule has 266 valence electrons. The molecule has 5 heterocycles. The van der Waals surface area contributed by atoms with Crippen molar-refractivity contribution in [2.75, 3.05) is 0 Å². The lowest BCUT2D eigenvalue weighted by Gasteiger charge is -2.11. The lowest BCUT2D eigenvalue weighted by molar-refractivity contribution is 1.06. The molecule has 0 saturated heterocycles. The number of pyridine rings is 3. The average Bonchev–Trinajstić information content (AvgIpc) is 3.63. The van der Waals surface area contributed by atoms with Crippen LogP contribution in [0.3, 0.4) is 0 Å². The molecule has 11 aromatic rings. The van der Waals surface area contributed by atoms with E-state index in [9.17, 15) is 0 Å². The van der Waals surface area contributed by atoms with E-state index < -0.39 is 0 Å². The first-order valence-corrected chi connectivity index (χ1v) is 18.9. The van der Waals surface area contributed by atoms with Crippen LogP contribution in [-0.4, -0.2) is 34.5 Å². The number of para-hydroxylation sites is 2. The standard InChI is InChI=1S/C50H31N7/c1-2-10-33(11-3-1)48-54-49(34-19-24-38(25-20-34)57-46-15-6-4-12-39(46)40-13-5-7-16-47(40)57)56-50(55-48)44-28-23-37-30-35(22-26-41(37)52-44)36-18-17-32-21-27-43(53-45(32)31-36)42-14-8-9-29-51-42/h1-31H. The summed E-state index contributed by atoms with van der Waals surface area (Å²) in [4.78, 5) is 29.5. The van der Waals surface area contributed by atoms with Gasteiger partial charge in [0.15, 0.2) is 17.5 Å². The Hall–Kier alpha value is -7.90. The molecular formula is C50H31N7. The molecule has 0 bridgehead atoms. The average molecular weight is 730 g/mol. The maximum atomic E-state index is 5.08. The van der Waals surface area contributed by atoms with Crippen LogP contribution in [0, 0.1) is 0 Å². The van der Waals surface area contributed by atoms with Crippen molar-refractivity contribution in [2.45, 2.75) is 0 Å². The summed E-state index contributed by atoms with van der Waals surface area (Å²) in [5, 5.41) is 4.56. The first-order valence-electron chi connectivity index (χ1n) is 18.9. The molecule has 0 amide bonds. The highest BCUT2D eigenvalue weighted by atomic mass is 15.0. The summed E-state index contributed by atoms with van der Waals surface area (Å²) in [5.41, 5.74) is 11.5. The van der Waals surface area contributed by atoms with E-state index in [0.29, 0.717) is 23.2 Å². The minimum Gasteiger partial charge on any atom is -0.309 e. The third kappa shape index (κ3) is 5.86. The summed E-state index contributed by atoms with van der Waals surface area (Å²) < 4.78 is 2.31. The van der Waals surface area contributed by atoms with Crippen molar-refractivity contribution in [2.24, 2.45) is 0 Å². The molecule has 0 atom stereocenters. The smallest absolute Gasteiger partial charge is 0.182 e. The molecule has 11 rings (SSSR count). The van der Waals surface area contributed by atoms with E-state index in [1.165, 1.54) is 21.8 Å². The molecule has 0 fully saturated rings. The second kappa shape index (κ2) is 13.4. The monoisotopic (exact) mass is 729 g/mol. The number of aromatic nitrogens is 7. The van der Waals surface area contributed by atoms with Crippen molar-refractivity contribution in [3.8, 4) is 62.5 Å². The van der Waals surface area contributed by atoms with E-state index in [0.717, 1.165) is 61.1 Å². The predicted octanol–water partition coefficient (Wildman–Crippen LogP) is 11.8. The minimum atomic E-state index is 0.514. The number of hydrogen-bond donors (Lipinski definition) is 0. The van der Waals surface area contributed by atoms with Crippen LogP contribution in [0.4, 0.5) is 0 Å². The van der Waals surface area contributed by atoms with Gasteiger partial charge in [0.1, 0.15) is 5.69 Å². The van der Waals surface area contributed by atoms with Gasteiger partial charge < -0.3 is 4.57 Å². The number of benzene rings is 6. The summed E-state index contributed by atoms with van der Waals surface area (Å²) in [6, 6.07) is 62.3. The van der Waals surface area contributed by atoms with Crippen molar-refractivity contribution in [3.63, 3.8) is 0 Å². The summed E-state index contributed by atoms with van der Waals surface area (Å²) in [7, 11) is 0. The van der Waals surface area contributed by atoms with Crippen molar-refractivity contribution in [1.82, 2.24) is 34.5 Å². The van der Waals surface area contributed by atoms with Gasteiger partial charge in [0.2, 0.25) is 0 Å². The van der Waals surface area contributed by atoms with Crippen molar-refractivity contribution in [3.05, 3.63) is 188 Å². The first kappa shape index (κ1) is 32.5. The Labute approximate surface area is 327 Å². The van der Waals surface area contributed by atoms with Gasteiger partial charge in [0.05, 0.1) is 33.5 Å². The van der Waals surface area contributed by atoms with E-state index >= 15 is 0 Å². The Morgan fingerprint density at radius 2 is 0.912 bits per heavy atom. The lowest BCUT2D eigenvalue weighted by atomic mass is 10.0. The molecule has 7 heteroatoms. The molecule has 57 heavy (non-hydrogen) atoms. The highest BCUT2D eigenvalue weighted by Crippen LogP contribution is 2.34. The minimum absolute atomic E-state index is 0.514. The van der Waals surface area contributed by atoms with Gasteiger partial charge >= 0.3 is 0 Å². The van der Waals surface area contributed by atoms with Crippen LogP contribution in [0.15, 0.2) is 188 Å². The maximum Gasteiger partial charge on any atom is 0.182 e. The van der Waals surface area contributed by atoms with Gasteiger partial charge in [-0.25, -0.2) is 24.9 Å².